The van der Waals surface area contributed by atoms with Crippen molar-refractivity contribution in [1.29, 1.82) is 0 Å². The number of halogens is 2. The standard InChI is InChI=1S/C38H42F2N2O3/c39-34-22-32(42-19-10-11-20-42)23-35(40)33(34)18-21-41-24-36(43-26-29-12-4-1-5-13-29)38(45-28-31-16-8-3-9-17-31)37(25-41)44-27-30-14-6-2-7-15-30/h1-9,12-17,22-23,36-38H,10-11,18-21,24-28H2/t36-,37+,38?. The van der Waals surface area contributed by atoms with Crippen molar-refractivity contribution in [1.82, 2.24) is 4.90 Å². The number of rotatable bonds is 13. The Morgan fingerprint density at radius 2 is 1.04 bits per heavy atom. The number of hydrogen-bond acceptors (Lipinski definition) is 5. The van der Waals surface area contributed by atoms with Gasteiger partial charge in [0.15, 0.2) is 0 Å². The summed E-state index contributed by atoms with van der Waals surface area (Å²) in [5.74, 6) is -0.960. The largest absolute Gasteiger partial charge is 0.371 e. The van der Waals surface area contributed by atoms with Gasteiger partial charge in [-0.3, -0.25) is 4.90 Å². The van der Waals surface area contributed by atoms with Crippen molar-refractivity contribution in [3.05, 3.63) is 137 Å². The summed E-state index contributed by atoms with van der Waals surface area (Å²) in [6.07, 6.45) is 1.41. The van der Waals surface area contributed by atoms with Gasteiger partial charge in [0.05, 0.1) is 32.0 Å². The van der Waals surface area contributed by atoms with Crippen LogP contribution >= 0.6 is 0 Å². The lowest BCUT2D eigenvalue weighted by molar-refractivity contribution is -0.184. The van der Waals surface area contributed by atoms with Crippen LogP contribution in [0.15, 0.2) is 103 Å². The van der Waals surface area contributed by atoms with Gasteiger partial charge < -0.3 is 19.1 Å². The Labute approximate surface area is 265 Å². The summed E-state index contributed by atoms with van der Waals surface area (Å²) >= 11 is 0. The highest BCUT2D eigenvalue weighted by Crippen LogP contribution is 2.28. The lowest BCUT2D eigenvalue weighted by Gasteiger charge is -2.43. The van der Waals surface area contributed by atoms with Crippen LogP contribution in [-0.2, 0) is 40.5 Å². The zero-order valence-corrected chi connectivity index (χ0v) is 25.7. The molecule has 0 saturated carbocycles. The Hall–Kier alpha value is -3.62. The molecular formula is C38H42F2N2O3. The highest BCUT2D eigenvalue weighted by molar-refractivity contribution is 5.49. The molecular weight excluding hydrogens is 570 g/mol. The monoisotopic (exact) mass is 612 g/mol. The molecule has 6 rings (SSSR count). The highest BCUT2D eigenvalue weighted by atomic mass is 19.1. The maximum Gasteiger partial charge on any atom is 0.131 e. The number of ether oxygens (including phenoxy) is 3. The van der Waals surface area contributed by atoms with Crippen LogP contribution < -0.4 is 4.90 Å². The maximum absolute atomic E-state index is 15.3. The fourth-order valence-corrected chi connectivity index (χ4v) is 6.30. The minimum absolute atomic E-state index is 0.129. The number of piperidine rings is 1. The van der Waals surface area contributed by atoms with Crippen LogP contribution in [0.2, 0.25) is 0 Å². The van der Waals surface area contributed by atoms with Crippen molar-refractivity contribution in [2.45, 2.75) is 57.4 Å². The molecule has 45 heavy (non-hydrogen) atoms. The average molecular weight is 613 g/mol. The Balaban J connectivity index is 1.20. The Morgan fingerprint density at radius 1 is 0.600 bits per heavy atom. The Bertz CT molecular complexity index is 1390. The summed E-state index contributed by atoms with van der Waals surface area (Å²) in [5, 5.41) is 0. The first kappa shape index (κ1) is 31.4. The summed E-state index contributed by atoms with van der Waals surface area (Å²) in [6, 6.07) is 33.2. The third-order valence-corrected chi connectivity index (χ3v) is 8.78. The van der Waals surface area contributed by atoms with Crippen LogP contribution in [0.1, 0.15) is 35.1 Å². The second-order valence-electron chi connectivity index (χ2n) is 12.0. The molecule has 4 aromatic rings. The topological polar surface area (TPSA) is 34.2 Å². The van der Waals surface area contributed by atoms with E-state index < -0.39 is 11.6 Å². The van der Waals surface area contributed by atoms with Crippen molar-refractivity contribution in [2.75, 3.05) is 37.6 Å². The molecule has 0 N–H and O–H groups in total. The fraction of sp³-hybridized carbons (Fsp3) is 0.368. The predicted molar refractivity (Wildman–Crippen MR) is 173 cm³/mol. The first-order valence-corrected chi connectivity index (χ1v) is 16.0. The smallest absolute Gasteiger partial charge is 0.131 e. The molecule has 2 aliphatic heterocycles. The van der Waals surface area contributed by atoms with Crippen LogP contribution in [0.5, 0.6) is 0 Å². The van der Waals surface area contributed by atoms with E-state index in [1.165, 1.54) is 12.1 Å². The molecule has 4 aromatic carbocycles. The average Bonchev–Trinajstić information content (AvgIpc) is 3.62. The highest BCUT2D eigenvalue weighted by Gasteiger charge is 2.39. The fourth-order valence-electron chi connectivity index (χ4n) is 6.30. The third kappa shape index (κ3) is 8.56. The molecule has 0 bridgehead atoms. The van der Waals surface area contributed by atoms with E-state index in [0.717, 1.165) is 42.6 Å². The van der Waals surface area contributed by atoms with Gasteiger partial charge in [0.25, 0.3) is 0 Å². The number of nitrogens with zero attached hydrogens (tertiary/aromatic N) is 2. The first-order valence-electron chi connectivity index (χ1n) is 16.0. The number of hydrogen-bond donors (Lipinski definition) is 0. The molecule has 2 saturated heterocycles. The molecule has 0 radical (unpaired) electrons. The van der Waals surface area contributed by atoms with E-state index in [-0.39, 0.29) is 30.3 Å². The van der Waals surface area contributed by atoms with Crippen LogP contribution in [0.3, 0.4) is 0 Å². The van der Waals surface area contributed by atoms with Gasteiger partial charge in [0.1, 0.15) is 17.7 Å². The molecule has 0 amide bonds. The van der Waals surface area contributed by atoms with Gasteiger partial charge in [-0.25, -0.2) is 8.78 Å². The maximum atomic E-state index is 15.3. The van der Waals surface area contributed by atoms with E-state index >= 15 is 8.78 Å². The van der Waals surface area contributed by atoms with Gasteiger partial charge in [-0.2, -0.15) is 0 Å². The van der Waals surface area contributed by atoms with Gasteiger partial charge in [-0.05, 0) is 48.1 Å². The zero-order valence-electron chi connectivity index (χ0n) is 25.7. The molecule has 236 valence electrons. The number of anilines is 1. The van der Waals surface area contributed by atoms with Gasteiger partial charge in [0.2, 0.25) is 0 Å². The quantitative estimate of drug-likeness (QED) is 0.160. The van der Waals surface area contributed by atoms with Crippen molar-refractivity contribution in [3.63, 3.8) is 0 Å². The zero-order chi connectivity index (χ0) is 30.8. The molecule has 0 spiro atoms. The Kier molecular flexibility index (Phi) is 10.9. The summed E-state index contributed by atoms with van der Waals surface area (Å²) in [4.78, 5) is 4.25. The molecule has 1 unspecified atom stereocenters. The molecule has 3 atom stereocenters. The van der Waals surface area contributed by atoms with Crippen molar-refractivity contribution < 1.29 is 23.0 Å². The lowest BCUT2D eigenvalue weighted by Crippen LogP contribution is -2.58. The first-order chi connectivity index (χ1) is 22.1. The summed E-state index contributed by atoms with van der Waals surface area (Å²) in [7, 11) is 0. The number of benzene rings is 4. The SMILES string of the molecule is Fc1cc(N2CCCC2)cc(F)c1CCN1C[C@H](OCc2ccccc2)C(OCc2ccccc2)[C@H](OCc2ccccc2)C1. The summed E-state index contributed by atoms with van der Waals surface area (Å²) < 4.78 is 50.2. The van der Waals surface area contributed by atoms with E-state index in [9.17, 15) is 0 Å². The summed E-state index contributed by atoms with van der Waals surface area (Å²) in [5.41, 5.74) is 3.98. The normalized spacial score (nSPS) is 20.5. The number of likely N-dealkylation sites (tertiary alicyclic amines) is 1. The molecule has 0 aliphatic carbocycles. The minimum atomic E-state index is -0.480. The van der Waals surface area contributed by atoms with E-state index in [1.807, 2.05) is 91.0 Å². The van der Waals surface area contributed by atoms with Crippen LogP contribution in [0.25, 0.3) is 0 Å². The van der Waals surface area contributed by atoms with Gasteiger partial charge in [0, 0.05) is 44.0 Å². The molecule has 0 aromatic heterocycles. The van der Waals surface area contributed by atoms with Crippen molar-refractivity contribution >= 4 is 5.69 Å². The lowest BCUT2D eigenvalue weighted by atomic mass is 9.99. The van der Waals surface area contributed by atoms with Crippen LogP contribution in [0.4, 0.5) is 14.5 Å². The van der Waals surface area contributed by atoms with Gasteiger partial charge in [-0.15, -0.1) is 0 Å². The second kappa shape index (κ2) is 15.6. The third-order valence-electron chi connectivity index (χ3n) is 8.78. The van der Waals surface area contributed by atoms with E-state index in [2.05, 4.69) is 9.80 Å². The second-order valence-corrected chi connectivity index (χ2v) is 12.0. The minimum Gasteiger partial charge on any atom is -0.371 e. The van der Waals surface area contributed by atoms with E-state index in [0.29, 0.717) is 45.1 Å². The van der Waals surface area contributed by atoms with Crippen LogP contribution in [0, 0.1) is 11.6 Å². The predicted octanol–water partition coefficient (Wildman–Crippen LogP) is 7.18. The van der Waals surface area contributed by atoms with Crippen molar-refractivity contribution in [3.8, 4) is 0 Å². The van der Waals surface area contributed by atoms with Crippen molar-refractivity contribution in [2.24, 2.45) is 0 Å². The van der Waals surface area contributed by atoms with E-state index in [4.69, 9.17) is 14.2 Å². The molecule has 2 fully saturated rings. The van der Waals surface area contributed by atoms with Gasteiger partial charge in [-0.1, -0.05) is 91.0 Å². The molecule has 7 heteroatoms. The molecule has 5 nitrogen and oxygen atoms in total. The Morgan fingerprint density at radius 3 is 1.51 bits per heavy atom. The summed E-state index contributed by atoms with van der Waals surface area (Å²) in [6.45, 7) is 4.57. The molecule has 2 heterocycles. The molecule has 2 aliphatic rings. The van der Waals surface area contributed by atoms with E-state index in [1.54, 1.807) is 0 Å². The van der Waals surface area contributed by atoms with Crippen LogP contribution in [-0.4, -0.2) is 55.9 Å². The van der Waals surface area contributed by atoms with Gasteiger partial charge >= 0.3 is 0 Å².